The van der Waals surface area contributed by atoms with Crippen molar-refractivity contribution >= 4 is 21.4 Å². The van der Waals surface area contributed by atoms with Gasteiger partial charge in [0.15, 0.2) is 9.84 Å². The van der Waals surface area contributed by atoms with Crippen LogP contribution in [-0.2, 0) is 14.6 Å². The molecule has 1 N–H and O–H groups in total. The molecular formula is C16H24N2O3S. The minimum absolute atomic E-state index is 0.0756. The lowest BCUT2D eigenvalue weighted by Gasteiger charge is -2.25. The van der Waals surface area contributed by atoms with Gasteiger partial charge >= 0.3 is 0 Å². The van der Waals surface area contributed by atoms with E-state index in [1.54, 1.807) is 24.3 Å². The van der Waals surface area contributed by atoms with Crippen molar-refractivity contribution in [3.8, 4) is 0 Å². The number of sulfone groups is 1. The van der Waals surface area contributed by atoms with Crippen molar-refractivity contribution in [2.75, 3.05) is 31.2 Å². The maximum Gasteiger partial charge on any atom is 0.241 e. The van der Waals surface area contributed by atoms with Crippen LogP contribution in [0.15, 0.2) is 29.2 Å². The van der Waals surface area contributed by atoms with Gasteiger partial charge in [-0.15, -0.1) is 0 Å². The van der Waals surface area contributed by atoms with Crippen LogP contribution >= 0.6 is 0 Å². The quantitative estimate of drug-likeness (QED) is 0.923. The second kappa shape index (κ2) is 7.63. The van der Waals surface area contributed by atoms with Gasteiger partial charge in [0.1, 0.15) is 0 Å². The number of anilines is 1. The van der Waals surface area contributed by atoms with E-state index < -0.39 is 9.84 Å². The summed E-state index contributed by atoms with van der Waals surface area (Å²) in [4.78, 5) is 14.4. The standard InChI is InChI=1S/C16H24N2O3S/c1-22(20,21)15-9-7-8-14(12-15)17-13-16(19)18-10-5-3-2-4-6-11-18/h7-9,12,17H,2-6,10-11,13H2,1H3. The molecule has 1 aromatic rings. The van der Waals surface area contributed by atoms with E-state index in [9.17, 15) is 13.2 Å². The Morgan fingerprint density at radius 2 is 1.77 bits per heavy atom. The Balaban J connectivity index is 1.93. The Morgan fingerprint density at radius 3 is 2.41 bits per heavy atom. The molecule has 1 aliphatic rings. The molecule has 1 aliphatic heterocycles. The SMILES string of the molecule is CS(=O)(=O)c1cccc(NCC(=O)N2CCCCCCC2)c1. The third kappa shape index (κ3) is 5.02. The molecule has 5 nitrogen and oxygen atoms in total. The van der Waals surface area contributed by atoms with Crippen molar-refractivity contribution in [2.45, 2.75) is 37.0 Å². The normalized spacial score (nSPS) is 16.7. The summed E-state index contributed by atoms with van der Waals surface area (Å²) < 4.78 is 23.1. The first-order valence-electron chi connectivity index (χ1n) is 7.78. The van der Waals surface area contributed by atoms with Crippen LogP contribution in [0.4, 0.5) is 5.69 Å². The maximum atomic E-state index is 12.3. The van der Waals surface area contributed by atoms with Crippen LogP contribution in [-0.4, -0.2) is 45.1 Å². The Morgan fingerprint density at radius 1 is 1.14 bits per heavy atom. The summed E-state index contributed by atoms with van der Waals surface area (Å²) in [6.45, 7) is 1.85. The molecule has 1 heterocycles. The van der Waals surface area contributed by atoms with Crippen LogP contribution in [0.25, 0.3) is 0 Å². The van der Waals surface area contributed by atoms with Gasteiger partial charge in [-0.3, -0.25) is 4.79 Å². The number of nitrogens with zero attached hydrogens (tertiary/aromatic N) is 1. The average molecular weight is 324 g/mol. The minimum Gasteiger partial charge on any atom is -0.376 e. The Hall–Kier alpha value is -1.56. The van der Waals surface area contributed by atoms with Crippen molar-refractivity contribution < 1.29 is 13.2 Å². The van der Waals surface area contributed by atoms with Crippen LogP contribution in [0.3, 0.4) is 0 Å². The van der Waals surface area contributed by atoms with Crippen LogP contribution < -0.4 is 5.32 Å². The van der Waals surface area contributed by atoms with Crippen LogP contribution in [0, 0.1) is 0 Å². The lowest BCUT2D eigenvalue weighted by Crippen LogP contribution is -2.37. The van der Waals surface area contributed by atoms with E-state index in [1.165, 1.54) is 25.5 Å². The van der Waals surface area contributed by atoms with E-state index >= 15 is 0 Å². The molecule has 1 fully saturated rings. The van der Waals surface area contributed by atoms with E-state index in [4.69, 9.17) is 0 Å². The molecule has 1 amide bonds. The monoisotopic (exact) mass is 324 g/mol. The third-order valence-corrected chi connectivity index (χ3v) is 5.02. The fraction of sp³-hybridized carbons (Fsp3) is 0.562. The molecule has 0 radical (unpaired) electrons. The zero-order valence-electron chi connectivity index (χ0n) is 13.0. The third-order valence-electron chi connectivity index (χ3n) is 3.91. The predicted octanol–water partition coefficient (Wildman–Crippen LogP) is 2.29. The number of hydrogen-bond donors (Lipinski definition) is 1. The zero-order valence-corrected chi connectivity index (χ0v) is 13.9. The summed E-state index contributed by atoms with van der Waals surface area (Å²) in [7, 11) is -3.23. The number of rotatable bonds is 4. The number of amides is 1. The summed E-state index contributed by atoms with van der Waals surface area (Å²) in [5.74, 6) is 0.0756. The lowest BCUT2D eigenvalue weighted by atomic mass is 10.1. The van der Waals surface area contributed by atoms with Gasteiger partial charge in [0.2, 0.25) is 5.91 Å². The Kier molecular flexibility index (Phi) is 5.83. The highest BCUT2D eigenvalue weighted by Gasteiger charge is 2.14. The van der Waals surface area contributed by atoms with Crippen molar-refractivity contribution in [3.05, 3.63) is 24.3 Å². The molecule has 1 saturated heterocycles. The molecule has 22 heavy (non-hydrogen) atoms. The first-order chi connectivity index (χ1) is 10.5. The van der Waals surface area contributed by atoms with E-state index in [1.807, 2.05) is 4.90 Å². The number of likely N-dealkylation sites (tertiary alicyclic amines) is 1. The summed E-state index contributed by atoms with van der Waals surface area (Å²) >= 11 is 0. The fourth-order valence-corrected chi connectivity index (χ4v) is 3.29. The maximum absolute atomic E-state index is 12.3. The smallest absolute Gasteiger partial charge is 0.241 e. The average Bonchev–Trinajstić information content (AvgIpc) is 2.44. The van der Waals surface area contributed by atoms with Gasteiger partial charge < -0.3 is 10.2 Å². The molecule has 0 unspecified atom stereocenters. The van der Waals surface area contributed by atoms with E-state index in [-0.39, 0.29) is 17.3 Å². The van der Waals surface area contributed by atoms with Gasteiger partial charge in [-0.2, -0.15) is 0 Å². The molecule has 6 heteroatoms. The van der Waals surface area contributed by atoms with Gasteiger partial charge in [-0.05, 0) is 31.0 Å². The van der Waals surface area contributed by atoms with Gasteiger partial charge in [-0.25, -0.2) is 8.42 Å². The summed E-state index contributed by atoms with van der Waals surface area (Å²) in [5, 5.41) is 3.03. The minimum atomic E-state index is -3.23. The van der Waals surface area contributed by atoms with Crippen molar-refractivity contribution in [1.29, 1.82) is 0 Å². The van der Waals surface area contributed by atoms with Gasteiger partial charge in [0.05, 0.1) is 11.4 Å². The molecule has 0 aliphatic carbocycles. The van der Waals surface area contributed by atoms with Gasteiger partial charge in [0, 0.05) is 25.0 Å². The zero-order chi connectivity index (χ0) is 16.0. The molecule has 0 spiro atoms. The molecule has 2 rings (SSSR count). The number of carbonyl (C=O) groups excluding carboxylic acids is 1. The summed E-state index contributed by atoms with van der Waals surface area (Å²) in [6, 6.07) is 6.57. The van der Waals surface area contributed by atoms with E-state index in [0.717, 1.165) is 25.9 Å². The van der Waals surface area contributed by atoms with Crippen LogP contribution in [0.5, 0.6) is 0 Å². The number of benzene rings is 1. The topological polar surface area (TPSA) is 66.5 Å². The number of carbonyl (C=O) groups is 1. The molecular weight excluding hydrogens is 300 g/mol. The summed E-state index contributed by atoms with van der Waals surface area (Å²) in [5.41, 5.74) is 0.656. The van der Waals surface area contributed by atoms with Gasteiger partial charge in [-0.1, -0.05) is 25.3 Å². The van der Waals surface area contributed by atoms with Crippen molar-refractivity contribution in [3.63, 3.8) is 0 Å². The van der Waals surface area contributed by atoms with Crippen LogP contribution in [0.2, 0.25) is 0 Å². The highest BCUT2D eigenvalue weighted by molar-refractivity contribution is 7.90. The highest BCUT2D eigenvalue weighted by Crippen LogP contribution is 2.15. The molecule has 1 aromatic carbocycles. The largest absolute Gasteiger partial charge is 0.376 e. The molecule has 122 valence electrons. The fourth-order valence-electron chi connectivity index (χ4n) is 2.62. The number of nitrogens with one attached hydrogen (secondary N) is 1. The second-order valence-corrected chi connectivity index (χ2v) is 7.82. The summed E-state index contributed by atoms with van der Waals surface area (Å²) in [6.07, 6.45) is 6.95. The van der Waals surface area contributed by atoms with E-state index in [2.05, 4.69) is 5.32 Å². The van der Waals surface area contributed by atoms with Gasteiger partial charge in [0.25, 0.3) is 0 Å². The van der Waals surface area contributed by atoms with Crippen LogP contribution in [0.1, 0.15) is 32.1 Å². The first kappa shape index (κ1) is 16.8. The first-order valence-corrected chi connectivity index (χ1v) is 9.68. The molecule has 0 saturated carbocycles. The lowest BCUT2D eigenvalue weighted by molar-refractivity contribution is -0.129. The Bertz CT molecular complexity index is 606. The molecule has 0 bridgehead atoms. The second-order valence-electron chi connectivity index (χ2n) is 5.80. The molecule has 0 aromatic heterocycles. The van der Waals surface area contributed by atoms with Crippen molar-refractivity contribution in [2.24, 2.45) is 0 Å². The van der Waals surface area contributed by atoms with E-state index in [0.29, 0.717) is 5.69 Å². The highest BCUT2D eigenvalue weighted by atomic mass is 32.2. The molecule has 0 atom stereocenters. The number of hydrogen-bond acceptors (Lipinski definition) is 4. The predicted molar refractivity (Wildman–Crippen MR) is 87.7 cm³/mol. The Labute approximate surface area is 132 Å². The van der Waals surface area contributed by atoms with Crippen molar-refractivity contribution in [1.82, 2.24) is 4.90 Å².